The zero-order valence-electron chi connectivity index (χ0n) is 16.4. The SMILES string of the molecule is CC(C)(C)OC(=O)N(C(=O)[C@@H](N)Cc1ccccc1)[C@H](C=O)CCCCN. The molecule has 0 radical (unpaired) electrons. The zero-order chi connectivity index (χ0) is 20.4. The highest BCUT2D eigenvalue weighted by molar-refractivity contribution is 5.97. The predicted molar refractivity (Wildman–Crippen MR) is 104 cm³/mol. The molecule has 1 aromatic carbocycles. The average Bonchev–Trinajstić information content (AvgIpc) is 2.59. The lowest BCUT2D eigenvalue weighted by molar-refractivity contribution is -0.136. The van der Waals surface area contributed by atoms with Crippen molar-refractivity contribution >= 4 is 18.3 Å². The van der Waals surface area contributed by atoms with Gasteiger partial charge in [-0.2, -0.15) is 0 Å². The first-order chi connectivity index (χ1) is 12.7. The molecule has 0 fully saturated rings. The van der Waals surface area contributed by atoms with Gasteiger partial charge in [-0.05, 0) is 58.6 Å². The Labute approximate surface area is 161 Å². The first-order valence-corrected chi connectivity index (χ1v) is 9.20. The topological polar surface area (TPSA) is 116 Å². The Hall–Kier alpha value is -2.25. The third kappa shape index (κ3) is 7.88. The van der Waals surface area contributed by atoms with Gasteiger partial charge in [0.15, 0.2) is 0 Å². The van der Waals surface area contributed by atoms with Crippen LogP contribution < -0.4 is 11.5 Å². The van der Waals surface area contributed by atoms with E-state index in [9.17, 15) is 14.4 Å². The highest BCUT2D eigenvalue weighted by Crippen LogP contribution is 2.16. The van der Waals surface area contributed by atoms with Crippen LogP contribution in [-0.4, -0.2) is 47.4 Å². The third-order valence-corrected chi connectivity index (χ3v) is 3.89. The number of carbonyl (C=O) groups excluding carboxylic acids is 3. The number of rotatable bonds is 9. The van der Waals surface area contributed by atoms with Crippen LogP contribution in [0.5, 0.6) is 0 Å². The van der Waals surface area contributed by atoms with Crippen molar-refractivity contribution in [3.05, 3.63) is 35.9 Å². The van der Waals surface area contributed by atoms with Crippen LogP contribution in [0.1, 0.15) is 45.6 Å². The van der Waals surface area contributed by atoms with Crippen LogP contribution in [0.4, 0.5) is 4.79 Å². The van der Waals surface area contributed by atoms with Crippen LogP contribution in [0, 0.1) is 0 Å². The molecule has 0 saturated heterocycles. The summed E-state index contributed by atoms with van der Waals surface area (Å²) < 4.78 is 5.34. The number of carbonyl (C=O) groups is 3. The van der Waals surface area contributed by atoms with E-state index < -0.39 is 29.7 Å². The number of ether oxygens (including phenoxy) is 1. The van der Waals surface area contributed by atoms with Gasteiger partial charge >= 0.3 is 6.09 Å². The fourth-order valence-electron chi connectivity index (χ4n) is 2.59. The molecule has 4 N–H and O–H groups in total. The summed E-state index contributed by atoms with van der Waals surface area (Å²) in [6.45, 7) is 5.56. The van der Waals surface area contributed by atoms with Gasteiger partial charge in [0.05, 0.1) is 12.1 Å². The molecule has 0 aliphatic carbocycles. The molecule has 0 spiro atoms. The Morgan fingerprint density at radius 2 is 1.81 bits per heavy atom. The number of imide groups is 1. The molecule has 1 aromatic rings. The molecule has 0 aliphatic heterocycles. The molecule has 7 nitrogen and oxygen atoms in total. The average molecular weight is 377 g/mol. The quantitative estimate of drug-likeness (QED) is 0.502. The maximum Gasteiger partial charge on any atom is 0.417 e. The lowest BCUT2D eigenvalue weighted by Gasteiger charge is -2.31. The van der Waals surface area contributed by atoms with Crippen molar-refractivity contribution in [1.82, 2.24) is 4.90 Å². The largest absolute Gasteiger partial charge is 0.443 e. The van der Waals surface area contributed by atoms with Crippen molar-refractivity contribution in [2.24, 2.45) is 11.5 Å². The van der Waals surface area contributed by atoms with Gasteiger partial charge < -0.3 is 21.0 Å². The summed E-state index contributed by atoms with van der Waals surface area (Å²) in [5, 5.41) is 0. The Bertz CT molecular complexity index is 613. The third-order valence-electron chi connectivity index (χ3n) is 3.89. The predicted octanol–water partition coefficient (Wildman–Crippen LogP) is 2.02. The smallest absolute Gasteiger partial charge is 0.417 e. The maximum atomic E-state index is 12.9. The van der Waals surface area contributed by atoms with Crippen LogP contribution in [0.2, 0.25) is 0 Å². The number of benzene rings is 1. The van der Waals surface area contributed by atoms with E-state index in [-0.39, 0.29) is 6.42 Å². The van der Waals surface area contributed by atoms with Crippen LogP contribution in [0.3, 0.4) is 0 Å². The summed E-state index contributed by atoms with van der Waals surface area (Å²) in [5.41, 5.74) is 11.6. The van der Waals surface area contributed by atoms with E-state index in [1.807, 2.05) is 30.3 Å². The van der Waals surface area contributed by atoms with Gasteiger partial charge in [0.2, 0.25) is 5.91 Å². The van der Waals surface area contributed by atoms with Crippen molar-refractivity contribution in [3.63, 3.8) is 0 Å². The van der Waals surface area contributed by atoms with Gasteiger partial charge in [-0.1, -0.05) is 30.3 Å². The van der Waals surface area contributed by atoms with E-state index in [2.05, 4.69) is 0 Å². The molecule has 7 heteroatoms. The summed E-state index contributed by atoms with van der Waals surface area (Å²) >= 11 is 0. The molecule has 27 heavy (non-hydrogen) atoms. The number of unbranched alkanes of at least 4 members (excludes halogenated alkanes) is 1. The first-order valence-electron chi connectivity index (χ1n) is 9.20. The van der Waals surface area contributed by atoms with E-state index in [4.69, 9.17) is 16.2 Å². The Morgan fingerprint density at radius 3 is 2.33 bits per heavy atom. The van der Waals surface area contributed by atoms with Crippen molar-refractivity contribution in [2.75, 3.05) is 6.54 Å². The van der Waals surface area contributed by atoms with Crippen molar-refractivity contribution in [2.45, 2.75) is 64.1 Å². The Kier molecular flexibility index (Phi) is 9.11. The van der Waals surface area contributed by atoms with Gasteiger partial charge in [0, 0.05) is 0 Å². The van der Waals surface area contributed by atoms with Crippen LogP contribution in [0.25, 0.3) is 0 Å². The van der Waals surface area contributed by atoms with Crippen LogP contribution in [-0.2, 0) is 20.7 Å². The van der Waals surface area contributed by atoms with E-state index in [0.717, 1.165) is 10.5 Å². The fourth-order valence-corrected chi connectivity index (χ4v) is 2.59. The maximum absolute atomic E-state index is 12.9. The number of nitrogens with two attached hydrogens (primary N) is 2. The lowest BCUT2D eigenvalue weighted by Crippen LogP contribution is -2.54. The molecular weight excluding hydrogens is 346 g/mol. The summed E-state index contributed by atoms with van der Waals surface area (Å²) in [4.78, 5) is 38.0. The first kappa shape index (κ1) is 22.8. The molecule has 1 rings (SSSR count). The van der Waals surface area contributed by atoms with E-state index in [0.29, 0.717) is 32.1 Å². The number of amides is 2. The molecule has 0 aliphatic rings. The van der Waals surface area contributed by atoms with Crippen molar-refractivity contribution in [3.8, 4) is 0 Å². The summed E-state index contributed by atoms with van der Waals surface area (Å²) in [5.74, 6) is -0.627. The standard InChI is InChI=1S/C20H31N3O4/c1-20(2,3)27-19(26)23(16(14-24)11-7-8-12-21)18(25)17(22)13-15-9-5-4-6-10-15/h4-6,9-10,14,16-17H,7-8,11-13,21-22H2,1-3H3/t16-,17-/m0/s1. The minimum absolute atomic E-state index is 0.257. The van der Waals surface area contributed by atoms with Gasteiger partial charge in [-0.25, -0.2) is 9.69 Å². The number of aldehydes is 1. The molecule has 0 aromatic heterocycles. The van der Waals surface area contributed by atoms with Crippen LogP contribution >= 0.6 is 0 Å². The molecule has 150 valence electrons. The number of hydrogen-bond acceptors (Lipinski definition) is 6. The minimum Gasteiger partial charge on any atom is -0.443 e. The summed E-state index contributed by atoms with van der Waals surface area (Å²) in [7, 11) is 0. The van der Waals surface area contributed by atoms with Gasteiger partial charge in [-0.15, -0.1) is 0 Å². The fraction of sp³-hybridized carbons (Fsp3) is 0.550. The van der Waals surface area contributed by atoms with Gasteiger partial charge in [-0.3, -0.25) is 4.79 Å². The molecule has 0 saturated carbocycles. The van der Waals surface area contributed by atoms with E-state index >= 15 is 0 Å². The van der Waals surface area contributed by atoms with Gasteiger partial charge in [0.1, 0.15) is 11.9 Å². The van der Waals surface area contributed by atoms with E-state index in [1.165, 1.54) is 0 Å². The Balaban J connectivity index is 3.00. The normalized spacial score (nSPS) is 13.5. The van der Waals surface area contributed by atoms with Gasteiger partial charge in [0.25, 0.3) is 0 Å². The minimum atomic E-state index is -0.961. The molecular formula is C20H31N3O4. The second kappa shape index (κ2) is 10.8. The number of nitrogens with zero attached hydrogens (tertiary/aromatic N) is 1. The second-order valence-corrected chi connectivity index (χ2v) is 7.47. The van der Waals surface area contributed by atoms with Crippen LogP contribution in [0.15, 0.2) is 30.3 Å². The molecule has 2 atom stereocenters. The summed E-state index contributed by atoms with van der Waals surface area (Å²) in [6.07, 6.45) is 1.61. The monoisotopic (exact) mass is 377 g/mol. The number of hydrogen-bond donors (Lipinski definition) is 2. The van der Waals surface area contributed by atoms with Crippen molar-refractivity contribution < 1.29 is 19.1 Å². The molecule has 0 bridgehead atoms. The van der Waals surface area contributed by atoms with E-state index in [1.54, 1.807) is 20.8 Å². The molecule has 0 unspecified atom stereocenters. The molecule has 2 amide bonds. The summed E-state index contributed by atoms with van der Waals surface area (Å²) in [6, 6.07) is 7.37. The lowest BCUT2D eigenvalue weighted by atomic mass is 10.0. The highest BCUT2D eigenvalue weighted by Gasteiger charge is 2.35. The highest BCUT2D eigenvalue weighted by atomic mass is 16.6. The second-order valence-electron chi connectivity index (χ2n) is 7.47. The van der Waals surface area contributed by atoms with Crippen molar-refractivity contribution in [1.29, 1.82) is 0 Å². The molecule has 0 heterocycles. The Morgan fingerprint density at radius 1 is 1.19 bits per heavy atom. The zero-order valence-corrected chi connectivity index (χ0v) is 16.4.